The van der Waals surface area contributed by atoms with Crippen LogP contribution in [0.25, 0.3) is 0 Å². The van der Waals surface area contributed by atoms with Crippen molar-refractivity contribution in [1.29, 1.82) is 0 Å². The van der Waals surface area contributed by atoms with Gasteiger partial charge in [0.25, 0.3) is 0 Å². The number of halogens is 1. The predicted molar refractivity (Wildman–Crippen MR) is 133 cm³/mol. The van der Waals surface area contributed by atoms with Crippen molar-refractivity contribution in [3.63, 3.8) is 0 Å². The second-order valence-corrected chi connectivity index (χ2v) is 15.2. The maximum atomic E-state index is 13.9. The third-order valence-corrected chi connectivity index (χ3v) is 8.87. The molecule has 1 heterocycles. The summed E-state index contributed by atoms with van der Waals surface area (Å²) >= 11 is 6.53. The molecular weight excluding hydrogens is 472 g/mol. The van der Waals surface area contributed by atoms with Crippen molar-refractivity contribution in [3.8, 4) is 17.2 Å². The zero-order valence-electron chi connectivity index (χ0n) is 20.3. The molecule has 4 rings (SSSR count). The van der Waals surface area contributed by atoms with E-state index >= 15 is 0 Å². The lowest BCUT2D eigenvalue weighted by molar-refractivity contribution is -0.118. The number of carbonyl (C=O) groups excluding carboxylic acids is 2. The summed E-state index contributed by atoms with van der Waals surface area (Å²) in [7, 11) is 1.43. The van der Waals surface area contributed by atoms with Crippen LogP contribution in [0.3, 0.4) is 0 Å². The quantitative estimate of drug-likeness (QED) is 0.524. The summed E-state index contributed by atoms with van der Waals surface area (Å²) in [6, 6.07) is 9.80. The molecular formula is C26H29ClO6Si. The first kappa shape index (κ1) is 24.4. The van der Waals surface area contributed by atoms with Gasteiger partial charge in [-0.3, -0.25) is 9.59 Å². The smallest absolute Gasteiger partial charge is 0.231 e. The summed E-state index contributed by atoms with van der Waals surface area (Å²) in [5.74, 6) is 0.0610. The fourth-order valence-electron chi connectivity index (χ4n) is 4.53. The van der Waals surface area contributed by atoms with E-state index in [1.54, 1.807) is 6.07 Å². The molecule has 0 radical (unpaired) electrons. The van der Waals surface area contributed by atoms with Gasteiger partial charge in [0.05, 0.1) is 22.3 Å². The second-order valence-electron chi connectivity index (χ2n) is 9.79. The Kier molecular flexibility index (Phi) is 6.29. The molecule has 0 saturated carbocycles. The summed E-state index contributed by atoms with van der Waals surface area (Å²) < 4.78 is 23.3. The summed E-state index contributed by atoms with van der Waals surface area (Å²) in [6.45, 7) is 8.84. The molecule has 0 bridgehead atoms. The first-order chi connectivity index (χ1) is 16.0. The molecule has 0 amide bonds. The normalized spacial score (nSPS) is 21.7. The maximum Gasteiger partial charge on any atom is 0.231 e. The predicted octanol–water partition coefficient (Wildman–Crippen LogP) is 4.93. The first-order valence-corrected chi connectivity index (χ1v) is 15.1. The van der Waals surface area contributed by atoms with Crippen LogP contribution in [-0.2, 0) is 16.1 Å². The largest absolute Gasteiger partial charge is 0.496 e. The highest BCUT2D eigenvalue weighted by Crippen LogP contribution is 2.54. The van der Waals surface area contributed by atoms with Gasteiger partial charge >= 0.3 is 0 Å². The Morgan fingerprint density at radius 2 is 1.82 bits per heavy atom. The minimum atomic E-state index is -1.51. The van der Waals surface area contributed by atoms with Gasteiger partial charge in [0.15, 0.2) is 17.3 Å². The molecule has 2 atom stereocenters. The number of Topliss-reactive ketones (excluding diaryl/α,β-unsaturated/α-hetero) is 1. The van der Waals surface area contributed by atoms with Crippen LogP contribution in [0.5, 0.6) is 17.2 Å². The van der Waals surface area contributed by atoms with Gasteiger partial charge in [0.1, 0.15) is 28.7 Å². The zero-order chi connectivity index (χ0) is 24.8. The highest BCUT2D eigenvalue weighted by molar-refractivity contribution is 6.88. The van der Waals surface area contributed by atoms with Gasteiger partial charge < -0.3 is 18.9 Å². The van der Waals surface area contributed by atoms with Crippen LogP contribution in [0, 0.1) is 5.92 Å². The molecule has 2 aromatic carbocycles. The van der Waals surface area contributed by atoms with Gasteiger partial charge in [0.2, 0.25) is 11.4 Å². The maximum absolute atomic E-state index is 13.9. The van der Waals surface area contributed by atoms with Gasteiger partial charge in [0, 0.05) is 24.5 Å². The zero-order valence-corrected chi connectivity index (χ0v) is 22.0. The number of methoxy groups -OCH3 is 2. The number of ketones is 2. The summed E-state index contributed by atoms with van der Waals surface area (Å²) in [5, 5.41) is 1.48. The fourth-order valence-corrected chi connectivity index (χ4v) is 6.01. The van der Waals surface area contributed by atoms with E-state index in [4.69, 9.17) is 30.5 Å². The first-order valence-electron chi connectivity index (χ1n) is 11.2. The third kappa shape index (κ3) is 3.90. The third-order valence-electron chi connectivity index (χ3n) is 6.47. The Balaban J connectivity index is 1.74. The van der Waals surface area contributed by atoms with Crippen LogP contribution in [0.15, 0.2) is 42.2 Å². The molecule has 8 heteroatoms. The molecule has 0 unspecified atom stereocenters. The van der Waals surface area contributed by atoms with E-state index in [0.717, 1.165) is 5.56 Å². The van der Waals surface area contributed by atoms with Crippen LogP contribution >= 0.6 is 11.6 Å². The molecule has 1 aliphatic carbocycles. The van der Waals surface area contributed by atoms with Gasteiger partial charge in [-0.05, 0) is 5.56 Å². The molecule has 180 valence electrons. The number of fused-ring (bicyclic) bond motifs is 1. The van der Waals surface area contributed by atoms with E-state index in [1.807, 2.05) is 19.1 Å². The lowest BCUT2D eigenvalue weighted by Crippen LogP contribution is -2.51. The SMILES string of the molecule is COc1cc(OC)c2c(c1Cl)O[C@]1(C2=O)C(OCc2cccc([Si](C)(C)C)c2)=CC(=O)C[C@H]1C. The van der Waals surface area contributed by atoms with Crippen LogP contribution in [0.2, 0.25) is 24.7 Å². The van der Waals surface area contributed by atoms with Gasteiger partial charge in [-0.15, -0.1) is 0 Å². The Labute approximate surface area is 205 Å². The van der Waals surface area contributed by atoms with Crippen LogP contribution in [-0.4, -0.2) is 39.5 Å². The number of ether oxygens (including phenoxy) is 4. The molecule has 1 spiro atoms. The highest BCUT2D eigenvalue weighted by Gasteiger charge is 2.60. The lowest BCUT2D eigenvalue weighted by Gasteiger charge is -2.37. The molecule has 1 aliphatic heterocycles. The van der Waals surface area contributed by atoms with Crippen LogP contribution in [0.4, 0.5) is 0 Å². The Hall–Kier alpha value is -2.77. The average Bonchev–Trinajstić information content (AvgIpc) is 3.10. The van der Waals surface area contributed by atoms with Crippen LogP contribution in [0.1, 0.15) is 29.3 Å². The molecule has 2 aromatic rings. The van der Waals surface area contributed by atoms with Gasteiger partial charge in [-0.25, -0.2) is 0 Å². The van der Waals surface area contributed by atoms with Gasteiger partial charge in [-0.1, -0.05) is 67.6 Å². The average molecular weight is 501 g/mol. The van der Waals surface area contributed by atoms with Crippen molar-refractivity contribution in [2.75, 3.05) is 14.2 Å². The van der Waals surface area contributed by atoms with Crippen molar-refractivity contribution < 1.29 is 28.5 Å². The van der Waals surface area contributed by atoms with E-state index in [9.17, 15) is 9.59 Å². The molecule has 0 N–H and O–H groups in total. The van der Waals surface area contributed by atoms with E-state index in [-0.39, 0.29) is 46.7 Å². The fraction of sp³-hybridized carbons (Fsp3) is 0.385. The Morgan fingerprint density at radius 3 is 2.47 bits per heavy atom. The number of rotatable bonds is 6. The van der Waals surface area contributed by atoms with Crippen molar-refractivity contribution in [3.05, 3.63) is 58.3 Å². The van der Waals surface area contributed by atoms with E-state index in [0.29, 0.717) is 11.5 Å². The topological polar surface area (TPSA) is 71.1 Å². The Bertz CT molecular complexity index is 1200. The van der Waals surface area contributed by atoms with Crippen molar-refractivity contribution in [2.45, 2.75) is 45.2 Å². The van der Waals surface area contributed by atoms with Crippen LogP contribution < -0.4 is 19.4 Å². The highest BCUT2D eigenvalue weighted by atomic mass is 35.5. The van der Waals surface area contributed by atoms with E-state index in [2.05, 4.69) is 31.8 Å². The minimum absolute atomic E-state index is 0.119. The molecule has 0 saturated heterocycles. The summed E-state index contributed by atoms with van der Waals surface area (Å²) in [4.78, 5) is 26.4. The van der Waals surface area contributed by atoms with Crippen molar-refractivity contribution >= 4 is 36.4 Å². The number of allylic oxidation sites excluding steroid dienone is 1. The molecule has 0 aromatic heterocycles. The van der Waals surface area contributed by atoms with E-state index in [1.165, 1.54) is 25.5 Å². The van der Waals surface area contributed by atoms with E-state index < -0.39 is 19.6 Å². The van der Waals surface area contributed by atoms with Gasteiger partial charge in [-0.2, -0.15) is 0 Å². The molecule has 0 fully saturated rings. The Morgan fingerprint density at radius 1 is 1.12 bits per heavy atom. The number of hydrogen-bond acceptors (Lipinski definition) is 6. The monoisotopic (exact) mass is 500 g/mol. The molecule has 34 heavy (non-hydrogen) atoms. The number of benzene rings is 2. The second kappa shape index (κ2) is 8.78. The number of hydrogen-bond donors (Lipinski definition) is 0. The van der Waals surface area contributed by atoms with Crippen molar-refractivity contribution in [1.82, 2.24) is 0 Å². The minimum Gasteiger partial charge on any atom is -0.496 e. The lowest BCUT2D eigenvalue weighted by atomic mass is 9.75. The molecule has 2 aliphatic rings. The number of carbonyl (C=O) groups is 2. The summed E-state index contributed by atoms with van der Waals surface area (Å²) in [5.41, 5.74) is -0.317. The molecule has 6 nitrogen and oxygen atoms in total. The summed E-state index contributed by atoms with van der Waals surface area (Å²) in [6.07, 6.45) is 1.53. The van der Waals surface area contributed by atoms with Crippen molar-refractivity contribution in [2.24, 2.45) is 5.92 Å². The standard InChI is InChI=1S/C26H29ClO6Si/c1-15-10-17(28)12-21(32-14-16-8-7-9-18(11-16)34(4,5)6)26(15)25(29)22-19(30-2)13-20(31-3)23(27)24(22)33-26/h7-9,11-13,15H,10,14H2,1-6H3/t15-,26+/m1/s1.